The summed E-state index contributed by atoms with van der Waals surface area (Å²) in [4.78, 5) is 15.3. The molecule has 0 bridgehead atoms. The zero-order valence-electron chi connectivity index (χ0n) is 12.7. The summed E-state index contributed by atoms with van der Waals surface area (Å²) >= 11 is 0. The molecule has 1 saturated heterocycles. The number of benzene rings is 1. The van der Waals surface area contributed by atoms with Crippen LogP contribution in [0.2, 0.25) is 0 Å². The Morgan fingerprint density at radius 2 is 2.00 bits per heavy atom. The number of rotatable bonds is 5. The molecule has 0 radical (unpaired) electrons. The van der Waals surface area contributed by atoms with Crippen molar-refractivity contribution < 1.29 is 10.0 Å². The summed E-state index contributed by atoms with van der Waals surface area (Å²) in [5, 5.41) is 20.7. The van der Waals surface area contributed by atoms with Crippen LogP contribution in [0, 0.1) is 17.0 Å². The molecule has 0 amide bonds. The summed E-state index contributed by atoms with van der Waals surface area (Å²) in [6, 6.07) is 5.66. The van der Waals surface area contributed by atoms with E-state index in [1.165, 1.54) is 0 Å². The quantitative estimate of drug-likeness (QED) is 0.662. The fourth-order valence-corrected chi connectivity index (χ4v) is 2.97. The molecule has 1 aromatic rings. The smallest absolute Gasteiger partial charge is 0.295 e. The van der Waals surface area contributed by atoms with E-state index in [0.717, 1.165) is 32.6 Å². The van der Waals surface area contributed by atoms with Crippen molar-refractivity contribution in [1.82, 2.24) is 4.90 Å². The van der Waals surface area contributed by atoms with Gasteiger partial charge in [-0.1, -0.05) is 19.1 Å². The van der Waals surface area contributed by atoms with Gasteiger partial charge in [0.05, 0.1) is 11.5 Å². The molecule has 1 aromatic carbocycles. The highest BCUT2D eigenvalue weighted by atomic mass is 16.6. The number of hydrogen-bond donors (Lipinski definition) is 1. The second-order valence-corrected chi connectivity index (χ2v) is 5.47. The number of aryl methyl sites for hydroxylation is 1. The summed E-state index contributed by atoms with van der Waals surface area (Å²) in [6.45, 7) is 7.16. The van der Waals surface area contributed by atoms with Crippen molar-refractivity contribution in [3.63, 3.8) is 0 Å². The molecule has 6 heteroatoms. The Hall–Kier alpha value is -1.66. The van der Waals surface area contributed by atoms with Gasteiger partial charge in [0.15, 0.2) is 0 Å². The van der Waals surface area contributed by atoms with Crippen LogP contribution in [0.5, 0.6) is 0 Å². The van der Waals surface area contributed by atoms with Crippen molar-refractivity contribution in [2.45, 2.75) is 26.3 Å². The van der Waals surface area contributed by atoms with Crippen molar-refractivity contribution in [1.29, 1.82) is 0 Å². The molecule has 0 spiro atoms. The number of aliphatic hydroxyl groups is 1. The minimum absolute atomic E-state index is 0.168. The molecule has 1 heterocycles. The molecule has 1 aliphatic heterocycles. The van der Waals surface area contributed by atoms with E-state index in [2.05, 4.69) is 16.7 Å². The monoisotopic (exact) mass is 293 g/mol. The van der Waals surface area contributed by atoms with Gasteiger partial charge in [0, 0.05) is 37.8 Å². The highest BCUT2D eigenvalue weighted by molar-refractivity contribution is 5.66. The van der Waals surface area contributed by atoms with Gasteiger partial charge >= 0.3 is 0 Å². The predicted molar refractivity (Wildman–Crippen MR) is 82.8 cm³/mol. The number of nitro benzene ring substituents is 1. The van der Waals surface area contributed by atoms with E-state index >= 15 is 0 Å². The van der Waals surface area contributed by atoms with Crippen LogP contribution < -0.4 is 4.90 Å². The van der Waals surface area contributed by atoms with E-state index in [1.807, 2.05) is 12.1 Å². The summed E-state index contributed by atoms with van der Waals surface area (Å²) < 4.78 is 0. The Morgan fingerprint density at radius 1 is 1.33 bits per heavy atom. The number of hydrogen-bond acceptors (Lipinski definition) is 5. The lowest BCUT2D eigenvalue weighted by Crippen LogP contribution is -2.51. The third-order valence-electron chi connectivity index (χ3n) is 4.25. The van der Waals surface area contributed by atoms with Gasteiger partial charge in [-0.2, -0.15) is 0 Å². The van der Waals surface area contributed by atoms with E-state index in [-0.39, 0.29) is 23.3 Å². The first-order valence-corrected chi connectivity index (χ1v) is 7.42. The van der Waals surface area contributed by atoms with Crippen LogP contribution in [0.3, 0.4) is 0 Å². The zero-order chi connectivity index (χ0) is 15.4. The number of nitro groups is 1. The van der Waals surface area contributed by atoms with E-state index in [9.17, 15) is 15.2 Å². The first kappa shape index (κ1) is 15.7. The SMILES string of the molecule is CC[C@H](CO)N1CCN(c2cccc(C)c2[N+](=O)[O-])CC1. The Balaban J connectivity index is 2.13. The van der Waals surface area contributed by atoms with Gasteiger partial charge in [-0.05, 0) is 19.4 Å². The zero-order valence-corrected chi connectivity index (χ0v) is 12.7. The molecule has 21 heavy (non-hydrogen) atoms. The Kier molecular flexibility index (Phi) is 5.14. The molecule has 0 aliphatic carbocycles. The van der Waals surface area contributed by atoms with Crippen molar-refractivity contribution >= 4 is 11.4 Å². The average Bonchev–Trinajstić information content (AvgIpc) is 2.48. The third-order valence-corrected chi connectivity index (χ3v) is 4.25. The minimum Gasteiger partial charge on any atom is -0.395 e. The van der Waals surface area contributed by atoms with Crippen LogP contribution in [0.1, 0.15) is 18.9 Å². The maximum atomic E-state index is 11.3. The maximum Gasteiger partial charge on any atom is 0.295 e. The Bertz CT molecular complexity index is 495. The largest absolute Gasteiger partial charge is 0.395 e. The van der Waals surface area contributed by atoms with Crippen molar-refractivity contribution in [3.05, 3.63) is 33.9 Å². The summed E-state index contributed by atoms with van der Waals surface area (Å²) in [6.07, 6.45) is 0.918. The van der Waals surface area contributed by atoms with Crippen molar-refractivity contribution in [2.24, 2.45) is 0 Å². The molecule has 6 nitrogen and oxygen atoms in total. The number of aliphatic hydroxyl groups excluding tert-OH is 1. The predicted octanol–water partition coefficient (Wildman–Crippen LogP) is 1.80. The lowest BCUT2D eigenvalue weighted by atomic mass is 10.1. The van der Waals surface area contributed by atoms with Gasteiger partial charge < -0.3 is 10.0 Å². The van der Waals surface area contributed by atoms with Gasteiger partial charge in [0.25, 0.3) is 5.69 Å². The highest BCUT2D eigenvalue weighted by Crippen LogP contribution is 2.32. The van der Waals surface area contributed by atoms with Crippen LogP contribution in [0.15, 0.2) is 18.2 Å². The Labute approximate surface area is 125 Å². The molecule has 0 unspecified atom stereocenters. The van der Waals surface area contributed by atoms with E-state index in [0.29, 0.717) is 11.3 Å². The first-order valence-electron chi connectivity index (χ1n) is 7.42. The number of anilines is 1. The fraction of sp³-hybridized carbons (Fsp3) is 0.600. The minimum atomic E-state index is -0.292. The van der Waals surface area contributed by atoms with Crippen LogP contribution in [-0.2, 0) is 0 Å². The molecule has 1 N–H and O–H groups in total. The maximum absolute atomic E-state index is 11.3. The molecule has 1 fully saturated rings. The number of piperazine rings is 1. The highest BCUT2D eigenvalue weighted by Gasteiger charge is 2.27. The van der Waals surface area contributed by atoms with Gasteiger partial charge in [0.1, 0.15) is 5.69 Å². The first-order chi connectivity index (χ1) is 10.1. The van der Waals surface area contributed by atoms with Gasteiger partial charge in [-0.15, -0.1) is 0 Å². The van der Waals surface area contributed by atoms with E-state index in [4.69, 9.17) is 0 Å². The van der Waals surface area contributed by atoms with Gasteiger partial charge in [-0.25, -0.2) is 0 Å². The topological polar surface area (TPSA) is 69.8 Å². The fourth-order valence-electron chi connectivity index (χ4n) is 2.97. The summed E-state index contributed by atoms with van der Waals surface area (Å²) in [5.74, 6) is 0. The molecule has 1 atom stereocenters. The van der Waals surface area contributed by atoms with Crippen LogP contribution in [-0.4, -0.2) is 53.8 Å². The average molecular weight is 293 g/mol. The molecule has 0 aromatic heterocycles. The standard InChI is InChI=1S/C15H23N3O3/c1-3-13(11-19)16-7-9-17(10-8-16)14-6-4-5-12(2)15(14)18(20)21/h4-6,13,19H,3,7-11H2,1-2H3/t13-/m1/s1. The molecule has 116 valence electrons. The van der Waals surface area contributed by atoms with Crippen molar-refractivity contribution in [3.8, 4) is 0 Å². The van der Waals surface area contributed by atoms with Crippen LogP contribution >= 0.6 is 0 Å². The number of para-hydroxylation sites is 1. The second-order valence-electron chi connectivity index (χ2n) is 5.47. The normalized spacial score (nSPS) is 17.8. The van der Waals surface area contributed by atoms with Crippen LogP contribution in [0.25, 0.3) is 0 Å². The van der Waals surface area contributed by atoms with Gasteiger partial charge in [0.2, 0.25) is 0 Å². The number of nitrogens with zero attached hydrogens (tertiary/aromatic N) is 3. The van der Waals surface area contributed by atoms with E-state index in [1.54, 1.807) is 13.0 Å². The third kappa shape index (κ3) is 3.33. The summed E-state index contributed by atoms with van der Waals surface area (Å²) in [5.41, 5.74) is 1.61. The summed E-state index contributed by atoms with van der Waals surface area (Å²) in [7, 11) is 0. The second kappa shape index (κ2) is 6.87. The van der Waals surface area contributed by atoms with Crippen LogP contribution in [0.4, 0.5) is 11.4 Å². The molecular weight excluding hydrogens is 270 g/mol. The lowest BCUT2D eigenvalue weighted by molar-refractivity contribution is -0.384. The van der Waals surface area contributed by atoms with Gasteiger partial charge in [-0.3, -0.25) is 15.0 Å². The van der Waals surface area contributed by atoms with E-state index < -0.39 is 0 Å². The lowest BCUT2D eigenvalue weighted by Gasteiger charge is -2.39. The van der Waals surface area contributed by atoms with Crippen molar-refractivity contribution in [2.75, 3.05) is 37.7 Å². The molecule has 1 aliphatic rings. The Morgan fingerprint density at radius 3 is 2.52 bits per heavy atom. The molecule has 2 rings (SSSR count). The molecule has 0 saturated carbocycles. The molecular formula is C15H23N3O3.